The first kappa shape index (κ1) is 25.2. The number of ether oxygens (including phenoxy) is 1. The van der Waals surface area contributed by atoms with E-state index in [1.165, 1.54) is 12.1 Å². The molecule has 3 heterocycles. The van der Waals surface area contributed by atoms with Crippen LogP contribution in [-0.2, 0) is 24.4 Å². The van der Waals surface area contributed by atoms with E-state index in [1.807, 2.05) is 23.7 Å². The fourth-order valence-electron chi connectivity index (χ4n) is 5.32. The zero-order valence-electron chi connectivity index (χ0n) is 21.6. The van der Waals surface area contributed by atoms with E-state index in [0.717, 1.165) is 59.3 Å². The van der Waals surface area contributed by atoms with Crippen LogP contribution in [0.5, 0.6) is 0 Å². The number of nitrogens with zero attached hydrogens (tertiary/aromatic N) is 5. The van der Waals surface area contributed by atoms with Crippen molar-refractivity contribution in [1.82, 2.24) is 30.1 Å². The van der Waals surface area contributed by atoms with E-state index < -0.39 is 0 Å². The summed E-state index contributed by atoms with van der Waals surface area (Å²) >= 11 is 0. The van der Waals surface area contributed by atoms with Crippen LogP contribution in [0.15, 0.2) is 47.3 Å². The first-order valence-electron chi connectivity index (χ1n) is 12.9. The molecule has 2 aromatic heterocycles. The third kappa shape index (κ3) is 5.62. The van der Waals surface area contributed by atoms with Crippen LogP contribution in [0.2, 0.25) is 0 Å². The summed E-state index contributed by atoms with van der Waals surface area (Å²) in [5.41, 5.74) is 4.56. The second-order valence-corrected chi connectivity index (χ2v) is 9.98. The molecule has 194 valence electrons. The number of hydrogen-bond donors (Lipinski definition) is 1. The molecule has 0 saturated carbocycles. The summed E-state index contributed by atoms with van der Waals surface area (Å²) in [6, 6.07) is 12.4. The van der Waals surface area contributed by atoms with Gasteiger partial charge < -0.3 is 9.72 Å². The largest absolute Gasteiger partial charge is 0.376 e. The van der Waals surface area contributed by atoms with Crippen LogP contribution in [0.4, 0.5) is 4.39 Å². The minimum Gasteiger partial charge on any atom is -0.376 e. The molecule has 1 aliphatic heterocycles. The summed E-state index contributed by atoms with van der Waals surface area (Å²) in [5, 5.41) is 13.7. The van der Waals surface area contributed by atoms with Crippen LogP contribution in [0.1, 0.15) is 60.3 Å². The van der Waals surface area contributed by atoms with Gasteiger partial charge in [-0.3, -0.25) is 9.69 Å². The van der Waals surface area contributed by atoms with Gasteiger partial charge in [0.25, 0.3) is 5.56 Å². The number of aryl methyl sites for hydroxylation is 2. The monoisotopic (exact) mass is 504 g/mol. The van der Waals surface area contributed by atoms with Gasteiger partial charge in [-0.25, -0.2) is 9.07 Å². The van der Waals surface area contributed by atoms with Crippen molar-refractivity contribution in [3.63, 3.8) is 0 Å². The van der Waals surface area contributed by atoms with Gasteiger partial charge in [-0.15, -0.1) is 5.10 Å². The van der Waals surface area contributed by atoms with Gasteiger partial charge >= 0.3 is 0 Å². The van der Waals surface area contributed by atoms with E-state index in [-0.39, 0.29) is 23.5 Å². The molecule has 0 bridgehead atoms. The molecule has 1 aliphatic rings. The predicted octanol–water partition coefficient (Wildman–Crippen LogP) is 4.60. The Morgan fingerprint density at radius 3 is 2.73 bits per heavy atom. The first-order chi connectivity index (χ1) is 17.9. The first-order valence-corrected chi connectivity index (χ1v) is 12.9. The molecule has 5 rings (SSSR count). The molecule has 0 aliphatic carbocycles. The molecule has 2 aromatic carbocycles. The molecule has 0 unspecified atom stereocenters. The zero-order chi connectivity index (χ0) is 25.9. The maximum atomic E-state index is 13.6. The van der Waals surface area contributed by atoms with Gasteiger partial charge in [0.15, 0.2) is 5.82 Å². The highest BCUT2D eigenvalue weighted by atomic mass is 19.1. The number of rotatable bonds is 9. The fraction of sp³-hybridized carbons (Fsp3) is 0.429. The smallest absolute Gasteiger partial charge is 0.252 e. The highest BCUT2D eigenvalue weighted by Crippen LogP contribution is 2.28. The Kier molecular flexibility index (Phi) is 7.43. The SMILES string of the molecule is CC[C@@H](c1nnnn1C[C@@H]1CCCO1)N(Cc1ccc(F)cc1)Cc1cc2c(C)cc(C)cc2[nH]c1=O. The lowest BCUT2D eigenvalue weighted by Gasteiger charge is -2.30. The van der Waals surface area contributed by atoms with E-state index >= 15 is 0 Å². The van der Waals surface area contributed by atoms with Crippen molar-refractivity contribution in [3.05, 3.63) is 86.7 Å². The van der Waals surface area contributed by atoms with Crippen molar-refractivity contribution >= 4 is 10.9 Å². The van der Waals surface area contributed by atoms with E-state index in [4.69, 9.17) is 4.74 Å². The second kappa shape index (κ2) is 10.9. The van der Waals surface area contributed by atoms with Crippen LogP contribution in [0, 0.1) is 19.7 Å². The summed E-state index contributed by atoms with van der Waals surface area (Å²) in [6.45, 7) is 8.43. The van der Waals surface area contributed by atoms with Gasteiger partial charge in [-0.2, -0.15) is 0 Å². The van der Waals surface area contributed by atoms with Crippen molar-refractivity contribution in [2.24, 2.45) is 0 Å². The molecule has 1 fully saturated rings. The molecule has 2 atom stereocenters. The molecular weight excluding hydrogens is 471 g/mol. The summed E-state index contributed by atoms with van der Waals surface area (Å²) < 4.78 is 21.3. The van der Waals surface area contributed by atoms with Gasteiger partial charge in [-0.05, 0) is 84.5 Å². The number of aromatic amines is 1. The number of pyridine rings is 1. The standard InChI is InChI=1S/C28H33FN6O2/c1-4-26(27-31-32-33-35(27)17-23-6-5-11-37-23)34(15-20-7-9-22(29)10-8-20)16-21-14-24-19(3)12-18(2)13-25(24)30-28(21)36/h7-10,12-14,23,26H,4-6,11,15-17H2,1-3H3,(H,30,36)/t23-,26-/m0/s1. The highest BCUT2D eigenvalue weighted by molar-refractivity contribution is 5.83. The number of tetrazole rings is 1. The molecular formula is C28H33FN6O2. The highest BCUT2D eigenvalue weighted by Gasteiger charge is 2.28. The van der Waals surface area contributed by atoms with Crippen LogP contribution >= 0.6 is 0 Å². The quantitative estimate of drug-likeness (QED) is 0.358. The maximum absolute atomic E-state index is 13.6. The van der Waals surface area contributed by atoms with Crippen molar-refractivity contribution in [2.45, 2.75) is 71.8 Å². The Morgan fingerprint density at radius 1 is 1.19 bits per heavy atom. The average Bonchev–Trinajstić information content (AvgIpc) is 3.55. The molecule has 0 amide bonds. The number of halogens is 1. The topological polar surface area (TPSA) is 88.9 Å². The van der Waals surface area contributed by atoms with Gasteiger partial charge in [0.2, 0.25) is 0 Å². The van der Waals surface area contributed by atoms with E-state index in [2.05, 4.69) is 45.3 Å². The minimum absolute atomic E-state index is 0.0973. The van der Waals surface area contributed by atoms with Crippen LogP contribution in [0.25, 0.3) is 10.9 Å². The van der Waals surface area contributed by atoms with Crippen molar-refractivity contribution in [3.8, 4) is 0 Å². The van der Waals surface area contributed by atoms with Gasteiger partial charge in [-0.1, -0.05) is 25.1 Å². The molecule has 8 nitrogen and oxygen atoms in total. The third-order valence-electron chi connectivity index (χ3n) is 7.15. The predicted molar refractivity (Wildman–Crippen MR) is 140 cm³/mol. The summed E-state index contributed by atoms with van der Waals surface area (Å²) in [7, 11) is 0. The van der Waals surface area contributed by atoms with Crippen molar-refractivity contribution in [2.75, 3.05) is 6.61 Å². The zero-order valence-corrected chi connectivity index (χ0v) is 21.6. The molecule has 0 spiro atoms. The van der Waals surface area contributed by atoms with Crippen LogP contribution < -0.4 is 5.56 Å². The molecule has 1 saturated heterocycles. The molecule has 9 heteroatoms. The molecule has 1 N–H and O–H groups in total. The van der Waals surface area contributed by atoms with E-state index in [0.29, 0.717) is 25.2 Å². The van der Waals surface area contributed by atoms with E-state index in [1.54, 1.807) is 12.1 Å². The fourth-order valence-corrected chi connectivity index (χ4v) is 5.32. The van der Waals surface area contributed by atoms with Gasteiger partial charge in [0.05, 0.1) is 18.7 Å². The number of fused-ring (bicyclic) bond motifs is 1. The molecule has 4 aromatic rings. The minimum atomic E-state index is -0.278. The average molecular weight is 505 g/mol. The summed E-state index contributed by atoms with van der Waals surface area (Å²) in [6.07, 6.45) is 2.86. The Hall–Kier alpha value is -3.43. The molecule has 37 heavy (non-hydrogen) atoms. The lowest BCUT2D eigenvalue weighted by Crippen LogP contribution is -2.33. The number of aromatic nitrogens is 5. The van der Waals surface area contributed by atoms with Gasteiger partial charge in [0, 0.05) is 36.2 Å². The number of hydrogen-bond acceptors (Lipinski definition) is 6. The lowest BCUT2D eigenvalue weighted by atomic mass is 10.0. The Bertz CT molecular complexity index is 1430. The lowest BCUT2D eigenvalue weighted by molar-refractivity contribution is 0.0888. The number of H-pyrrole nitrogens is 1. The van der Waals surface area contributed by atoms with Crippen LogP contribution in [0.3, 0.4) is 0 Å². The van der Waals surface area contributed by atoms with Crippen molar-refractivity contribution < 1.29 is 9.13 Å². The maximum Gasteiger partial charge on any atom is 0.252 e. The summed E-state index contributed by atoms with van der Waals surface area (Å²) in [4.78, 5) is 18.5. The van der Waals surface area contributed by atoms with Crippen LogP contribution in [-0.4, -0.2) is 42.8 Å². The van der Waals surface area contributed by atoms with Gasteiger partial charge in [0.1, 0.15) is 5.82 Å². The molecule has 0 radical (unpaired) electrons. The second-order valence-electron chi connectivity index (χ2n) is 9.98. The Labute approximate surface area is 215 Å². The number of benzene rings is 2. The Balaban J connectivity index is 1.51. The van der Waals surface area contributed by atoms with Crippen molar-refractivity contribution in [1.29, 1.82) is 0 Å². The number of nitrogens with one attached hydrogen (secondary N) is 1. The summed E-state index contributed by atoms with van der Waals surface area (Å²) in [5.74, 6) is 0.462. The normalized spacial score (nSPS) is 16.6. The third-order valence-corrected chi connectivity index (χ3v) is 7.15. The van der Waals surface area contributed by atoms with E-state index in [9.17, 15) is 9.18 Å². The Morgan fingerprint density at radius 2 is 2.00 bits per heavy atom.